The van der Waals surface area contributed by atoms with Gasteiger partial charge in [-0.15, -0.1) is 0 Å². The van der Waals surface area contributed by atoms with E-state index < -0.39 is 0 Å². The van der Waals surface area contributed by atoms with Gasteiger partial charge in [-0.25, -0.2) is 0 Å². The maximum absolute atomic E-state index is 12.5. The van der Waals surface area contributed by atoms with Gasteiger partial charge in [0, 0.05) is 31.0 Å². The molecule has 0 radical (unpaired) electrons. The molecule has 1 saturated heterocycles. The molecule has 1 aliphatic heterocycles. The third kappa shape index (κ3) is 8.38. The normalized spacial score (nSPS) is 23.9. The minimum atomic E-state index is -0.132. The summed E-state index contributed by atoms with van der Waals surface area (Å²) in [6.45, 7) is 11.5. The maximum Gasteiger partial charge on any atom is 0.237 e. The standard InChI is InChI=1S/C17H35N3O2S/c1-5-13(4)16(18-7-6-8-22-12(2)3)17(21)20-10-14-9-15(23)11-19-14/h12-16,18-19,23H,5-11H2,1-4H3,(H,20,21)/t13-,14?,15?,16-/m0/s1. The fourth-order valence-corrected chi connectivity index (χ4v) is 3.08. The Kier molecular flexibility index (Phi) is 10.2. The summed E-state index contributed by atoms with van der Waals surface area (Å²) in [6, 6.07) is 0.214. The second-order valence-corrected chi connectivity index (χ2v) is 7.56. The molecule has 0 spiro atoms. The van der Waals surface area contributed by atoms with Crippen molar-refractivity contribution in [2.24, 2.45) is 5.92 Å². The molecule has 0 bridgehead atoms. The summed E-state index contributed by atoms with van der Waals surface area (Å²) in [5, 5.41) is 10.3. The summed E-state index contributed by atoms with van der Waals surface area (Å²) in [6.07, 6.45) is 3.17. The van der Waals surface area contributed by atoms with Gasteiger partial charge in [-0.05, 0) is 39.2 Å². The molecular weight excluding hydrogens is 310 g/mol. The molecule has 0 saturated carbocycles. The minimum Gasteiger partial charge on any atom is -0.379 e. The predicted octanol–water partition coefficient (Wildman–Crippen LogP) is 1.58. The number of amides is 1. The number of nitrogens with one attached hydrogen (secondary N) is 3. The second-order valence-electron chi connectivity index (χ2n) is 6.83. The van der Waals surface area contributed by atoms with Crippen LogP contribution in [0.2, 0.25) is 0 Å². The first-order chi connectivity index (χ1) is 10.9. The van der Waals surface area contributed by atoms with Crippen molar-refractivity contribution in [2.45, 2.75) is 70.4 Å². The first-order valence-corrected chi connectivity index (χ1v) is 9.49. The van der Waals surface area contributed by atoms with Crippen LogP contribution in [0, 0.1) is 5.92 Å². The first-order valence-electron chi connectivity index (χ1n) is 8.98. The van der Waals surface area contributed by atoms with E-state index in [4.69, 9.17) is 4.74 Å². The van der Waals surface area contributed by atoms with Gasteiger partial charge in [-0.3, -0.25) is 4.79 Å². The molecule has 1 rings (SSSR count). The molecule has 136 valence electrons. The van der Waals surface area contributed by atoms with Crippen molar-refractivity contribution >= 4 is 18.5 Å². The molecule has 1 amide bonds. The highest BCUT2D eigenvalue weighted by molar-refractivity contribution is 7.81. The summed E-state index contributed by atoms with van der Waals surface area (Å²) in [4.78, 5) is 12.5. The van der Waals surface area contributed by atoms with Crippen LogP contribution in [0.1, 0.15) is 47.0 Å². The Morgan fingerprint density at radius 3 is 2.70 bits per heavy atom. The van der Waals surface area contributed by atoms with Crippen LogP contribution in [0.5, 0.6) is 0 Å². The Bertz CT molecular complexity index is 342. The summed E-state index contributed by atoms with van der Waals surface area (Å²) >= 11 is 4.47. The van der Waals surface area contributed by atoms with Crippen molar-refractivity contribution < 1.29 is 9.53 Å². The Balaban J connectivity index is 2.32. The van der Waals surface area contributed by atoms with Crippen molar-refractivity contribution in [3.8, 4) is 0 Å². The molecule has 0 aliphatic carbocycles. The zero-order valence-electron chi connectivity index (χ0n) is 15.1. The summed E-state index contributed by atoms with van der Waals surface area (Å²) in [7, 11) is 0. The third-order valence-corrected chi connectivity index (χ3v) is 4.75. The van der Waals surface area contributed by atoms with Crippen molar-refractivity contribution in [2.75, 3.05) is 26.2 Å². The molecule has 0 aromatic carbocycles. The van der Waals surface area contributed by atoms with Crippen LogP contribution in [-0.2, 0) is 9.53 Å². The number of carbonyl (C=O) groups excluding carboxylic acids is 1. The van der Waals surface area contributed by atoms with Gasteiger partial charge < -0.3 is 20.7 Å². The SMILES string of the molecule is CC[C@H](C)[C@H](NCCCOC(C)C)C(=O)NCC1CC(S)CN1. The molecule has 0 aromatic rings. The molecule has 1 fully saturated rings. The number of thiol groups is 1. The van der Waals surface area contributed by atoms with Gasteiger partial charge in [0.1, 0.15) is 0 Å². The zero-order chi connectivity index (χ0) is 17.2. The van der Waals surface area contributed by atoms with Gasteiger partial charge >= 0.3 is 0 Å². The first kappa shape index (κ1) is 20.7. The molecule has 3 N–H and O–H groups in total. The molecule has 5 nitrogen and oxygen atoms in total. The minimum absolute atomic E-state index is 0.105. The van der Waals surface area contributed by atoms with Crippen molar-refractivity contribution in [3.05, 3.63) is 0 Å². The van der Waals surface area contributed by atoms with Crippen LogP contribution in [0.3, 0.4) is 0 Å². The number of hydrogen-bond donors (Lipinski definition) is 4. The molecule has 1 heterocycles. The molecular formula is C17H35N3O2S. The monoisotopic (exact) mass is 345 g/mol. The van der Waals surface area contributed by atoms with E-state index >= 15 is 0 Å². The average Bonchev–Trinajstić information content (AvgIpc) is 2.93. The summed E-state index contributed by atoms with van der Waals surface area (Å²) in [5.41, 5.74) is 0. The predicted molar refractivity (Wildman–Crippen MR) is 99.1 cm³/mol. The second kappa shape index (κ2) is 11.3. The van der Waals surface area contributed by atoms with Gasteiger partial charge in [0.05, 0.1) is 12.1 Å². The molecule has 4 atom stereocenters. The van der Waals surface area contributed by atoms with Crippen LogP contribution in [0.25, 0.3) is 0 Å². The Labute approximate surface area is 147 Å². The van der Waals surface area contributed by atoms with E-state index in [2.05, 4.69) is 42.4 Å². The highest BCUT2D eigenvalue weighted by atomic mass is 32.1. The van der Waals surface area contributed by atoms with E-state index in [1.807, 2.05) is 13.8 Å². The van der Waals surface area contributed by atoms with E-state index in [0.29, 0.717) is 23.8 Å². The number of hydrogen-bond acceptors (Lipinski definition) is 5. The fraction of sp³-hybridized carbons (Fsp3) is 0.941. The van der Waals surface area contributed by atoms with E-state index in [1.54, 1.807) is 0 Å². The smallest absolute Gasteiger partial charge is 0.237 e. The van der Waals surface area contributed by atoms with Crippen LogP contribution >= 0.6 is 12.6 Å². The van der Waals surface area contributed by atoms with Gasteiger partial charge in [-0.2, -0.15) is 12.6 Å². The van der Waals surface area contributed by atoms with Crippen molar-refractivity contribution in [3.63, 3.8) is 0 Å². The van der Waals surface area contributed by atoms with Gasteiger partial charge in [0.25, 0.3) is 0 Å². The van der Waals surface area contributed by atoms with E-state index in [1.165, 1.54) is 0 Å². The highest BCUT2D eigenvalue weighted by Crippen LogP contribution is 2.12. The van der Waals surface area contributed by atoms with Gasteiger partial charge in [0.2, 0.25) is 5.91 Å². The van der Waals surface area contributed by atoms with Crippen LogP contribution in [0.15, 0.2) is 0 Å². The number of carbonyl (C=O) groups is 1. The van der Waals surface area contributed by atoms with E-state index in [-0.39, 0.29) is 18.1 Å². The topological polar surface area (TPSA) is 62.4 Å². The molecule has 2 unspecified atom stereocenters. The molecule has 1 aliphatic rings. The Morgan fingerprint density at radius 2 is 2.13 bits per heavy atom. The van der Waals surface area contributed by atoms with Crippen LogP contribution in [-0.4, -0.2) is 55.6 Å². The maximum atomic E-state index is 12.5. The summed E-state index contributed by atoms with van der Waals surface area (Å²) < 4.78 is 5.54. The van der Waals surface area contributed by atoms with Crippen LogP contribution in [0.4, 0.5) is 0 Å². The Hall–Kier alpha value is -0.300. The molecule has 6 heteroatoms. The van der Waals surface area contributed by atoms with Crippen LogP contribution < -0.4 is 16.0 Å². The average molecular weight is 346 g/mol. The largest absolute Gasteiger partial charge is 0.379 e. The number of rotatable bonds is 11. The van der Waals surface area contributed by atoms with Crippen molar-refractivity contribution in [1.29, 1.82) is 0 Å². The van der Waals surface area contributed by atoms with Crippen molar-refractivity contribution in [1.82, 2.24) is 16.0 Å². The lowest BCUT2D eigenvalue weighted by Gasteiger charge is -2.24. The molecule has 0 aromatic heterocycles. The quantitative estimate of drug-likeness (QED) is 0.339. The zero-order valence-corrected chi connectivity index (χ0v) is 16.0. The fourth-order valence-electron chi connectivity index (χ4n) is 2.72. The van der Waals surface area contributed by atoms with Gasteiger partial charge in [-0.1, -0.05) is 20.3 Å². The lowest BCUT2D eigenvalue weighted by molar-refractivity contribution is -0.124. The van der Waals surface area contributed by atoms with Gasteiger partial charge in [0.15, 0.2) is 0 Å². The summed E-state index contributed by atoms with van der Waals surface area (Å²) in [5.74, 6) is 0.420. The lowest BCUT2D eigenvalue weighted by atomic mass is 9.98. The highest BCUT2D eigenvalue weighted by Gasteiger charge is 2.26. The van der Waals surface area contributed by atoms with E-state index in [9.17, 15) is 4.79 Å². The Morgan fingerprint density at radius 1 is 1.39 bits per heavy atom. The van der Waals surface area contributed by atoms with E-state index in [0.717, 1.165) is 39.0 Å². The third-order valence-electron chi connectivity index (χ3n) is 4.35. The molecule has 23 heavy (non-hydrogen) atoms. The lowest BCUT2D eigenvalue weighted by Crippen LogP contribution is -2.50. The number of ether oxygens (including phenoxy) is 1.